The van der Waals surface area contributed by atoms with E-state index in [4.69, 9.17) is 0 Å². The van der Waals surface area contributed by atoms with Crippen molar-refractivity contribution in [3.05, 3.63) is 69.4 Å². The van der Waals surface area contributed by atoms with Crippen LogP contribution >= 0.6 is 15.9 Å². The molecule has 0 bridgehead atoms. The second-order valence-corrected chi connectivity index (χ2v) is 6.11. The minimum Gasteiger partial charge on any atom is -0.289 e. The van der Waals surface area contributed by atoms with Crippen molar-refractivity contribution in [3.63, 3.8) is 0 Å². The van der Waals surface area contributed by atoms with Crippen molar-refractivity contribution in [2.24, 2.45) is 5.92 Å². The van der Waals surface area contributed by atoms with E-state index in [2.05, 4.69) is 29.8 Å². The number of carbonyl (C=O) groups excluding carboxylic acids is 1. The zero-order valence-corrected chi connectivity index (χ0v) is 13.1. The molecule has 3 heteroatoms. The van der Waals surface area contributed by atoms with Gasteiger partial charge in [-0.05, 0) is 52.0 Å². The molecule has 20 heavy (non-hydrogen) atoms. The van der Waals surface area contributed by atoms with Gasteiger partial charge < -0.3 is 0 Å². The Morgan fingerprint density at radius 3 is 2.25 bits per heavy atom. The second-order valence-electron chi connectivity index (χ2n) is 5.25. The molecule has 2 aromatic rings. The number of hydrogen-bond donors (Lipinski definition) is 0. The molecule has 0 radical (unpaired) electrons. The molecule has 0 unspecified atom stereocenters. The normalized spacial score (nSPS) is 10.8. The van der Waals surface area contributed by atoms with E-state index in [9.17, 15) is 9.18 Å². The van der Waals surface area contributed by atoms with Crippen LogP contribution < -0.4 is 0 Å². The van der Waals surface area contributed by atoms with Crippen molar-refractivity contribution in [1.82, 2.24) is 0 Å². The SMILES string of the molecule is CC(C)Cc1ccc(C(=O)c2ccc(Br)c(F)c2)cc1. The molecule has 0 aliphatic rings. The van der Waals surface area contributed by atoms with E-state index in [1.54, 1.807) is 24.3 Å². The first-order valence-electron chi connectivity index (χ1n) is 6.56. The fourth-order valence-electron chi connectivity index (χ4n) is 2.07. The van der Waals surface area contributed by atoms with Crippen LogP contribution in [0.25, 0.3) is 0 Å². The summed E-state index contributed by atoms with van der Waals surface area (Å²) in [5.74, 6) is -0.00287. The lowest BCUT2D eigenvalue weighted by atomic mass is 9.98. The molecule has 0 fully saturated rings. The topological polar surface area (TPSA) is 17.1 Å². The lowest BCUT2D eigenvalue weighted by Gasteiger charge is -2.06. The van der Waals surface area contributed by atoms with E-state index in [0.29, 0.717) is 21.5 Å². The minimum absolute atomic E-state index is 0.160. The molecule has 0 saturated carbocycles. The van der Waals surface area contributed by atoms with Crippen LogP contribution in [0.1, 0.15) is 35.3 Å². The maximum absolute atomic E-state index is 13.5. The van der Waals surface area contributed by atoms with Gasteiger partial charge in [-0.1, -0.05) is 38.1 Å². The molecule has 0 atom stereocenters. The quantitative estimate of drug-likeness (QED) is 0.717. The van der Waals surface area contributed by atoms with E-state index in [-0.39, 0.29) is 5.78 Å². The third-order valence-electron chi connectivity index (χ3n) is 3.04. The minimum atomic E-state index is -0.424. The first-order valence-corrected chi connectivity index (χ1v) is 7.35. The van der Waals surface area contributed by atoms with Gasteiger partial charge in [0.1, 0.15) is 5.82 Å². The molecule has 0 aliphatic carbocycles. The predicted octanol–water partition coefficient (Wildman–Crippen LogP) is 5.02. The summed E-state index contributed by atoms with van der Waals surface area (Å²) in [5, 5.41) is 0. The van der Waals surface area contributed by atoms with Gasteiger partial charge in [0.25, 0.3) is 0 Å². The van der Waals surface area contributed by atoms with Gasteiger partial charge in [-0.25, -0.2) is 4.39 Å². The summed E-state index contributed by atoms with van der Waals surface area (Å²) in [4.78, 5) is 12.3. The van der Waals surface area contributed by atoms with Gasteiger partial charge in [-0.15, -0.1) is 0 Å². The summed E-state index contributed by atoms with van der Waals surface area (Å²) >= 11 is 3.08. The molecule has 2 aromatic carbocycles. The average molecular weight is 335 g/mol. The summed E-state index contributed by atoms with van der Waals surface area (Å²) in [6, 6.07) is 12.0. The molecular formula is C17H16BrFO. The van der Waals surface area contributed by atoms with Crippen molar-refractivity contribution in [2.45, 2.75) is 20.3 Å². The molecule has 0 aliphatic heterocycles. The van der Waals surface area contributed by atoms with Gasteiger partial charge >= 0.3 is 0 Å². The number of hydrogen-bond acceptors (Lipinski definition) is 1. The zero-order chi connectivity index (χ0) is 14.7. The zero-order valence-electron chi connectivity index (χ0n) is 11.5. The lowest BCUT2D eigenvalue weighted by Crippen LogP contribution is -2.02. The maximum atomic E-state index is 13.5. The Hall–Kier alpha value is -1.48. The molecule has 0 heterocycles. The Bertz CT molecular complexity index is 617. The van der Waals surface area contributed by atoms with Crippen molar-refractivity contribution < 1.29 is 9.18 Å². The fraction of sp³-hybridized carbons (Fsp3) is 0.235. The number of carbonyl (C=O) groups is 1. The molecule has 0 spiro atoms. The van der Waals surface area contributed by atoms with Crippen LogP contribution in [0.5, 0.6) is 0 Å². The van der Waals surface area contributed by atoms with E-state index in [1.807, 2.05) is 12.1 Å². The van der Waals surface area contributed by atoms with Gasteiger partial charge in [-0.2, -0.15) is 0 Å². The van der Waals surface area contributed by atoms with E-state index in [0.717, 1.165) is 6.42 Å². The highest BCUT2D eigenvalue weighted by molar-refractivity contribution is 9.10. The van der Waals surface area contributed by atoms with Crippen LogP contribution in [-0.2, 0) is 6.42 Å². The first-order chi connectivity index (χ1) is 9.47. The van der Waals surface area contributed by atoms with Crippen LogP contribution in [0.2, 0.25) is 0 Å². The molecule has 0 N–H and O–H groups in total. The molecule has 0 amide bonds. The van der Waals surface area contributed by atoms with Crippen LogP contribution in [0.3, 0.4) is 0 Å². The number of halogens is 2. The summed E-state index contributed by atoms with van der Waals surface area (Å²) in [6.07, 6.45) is 0.987. The Morgan fingerprint density at radius 2 is 1.70 bits per heavy atom. The van der Waals surface area contributed by atoms with Gasteiger partial charge in [0.05, 0.1) is 4.47 Å². The lowest BCUT2D eigenvalue weighted by molar-refractivity contribution is 0.103. The highest BCUT2D eigenvalue weighted by Gasteiger charge is 2.11. The van der Waals surface area contributed by atoms with Crippen LogP contribution in [-0.4, -0.2) is 5.78 Å². The highest BCUT2D eigenvalue weighted by atomic mass is 79.9. The van der Waals surface area contributed by atoms with Gasteiger partial charge in [0, 0.05) is 11.1 Å². The molecule has 1 nitrogen and oxygen atoms in total. The molecule has 0 saturated heterocycles. The second kappa shape index (κ2) is 6.31. The molecular weight excluding hydrogens is 319 g/mol. The first kappa shape index (κ1) is 14.9. The van der Waals surface area contributed by atoms with Gasteiger partial charge in [0.2, 0.25) is 0 Å². The number of rotatable bonds is 4. The standard InChI is InChI=1S/C17H16BrFO/c1-11(2)9-12-3-5-13(6-4-12)17(20)14-7-8-15(18)16(19)10-14/h3-8,10-11H,9H2,1-2H3. The summed E-state index contributed by atoms with van der Waals surface area (Å²) < 4.78 is 13.8. The highest BCUT2D eigenvalue weighted by Crippen LogP contribution is 2.19. The van der Waals surface area contributed by atoms with Crippen LogP contribution in [0.15, 0.2) is 46.9 Å². The maximum Gasteiger partial charge on any atom is 0.193 e. The Kier molecular flexibility index (Phi) is 4.71. The molecule has 104 valence electrons. The van der Waals surface area contributed by atoms with Crippen molar-refractivity contribution >= 4 is 21.7 Å². The van der Waals surface area contributed by atoms with E-state index < -0.39 is 5.82 Å². The average Bonchev–Trinajstić information content (AvgIpc) is 2.41. The monoisotopic (exact) mass is 334 g/mol. The predicted molar refractivity (Wildman–Crippen MR) is 82.5 cm³/mol. The van der Waals surface area contributed by atoms with Crippen LogP contribution in [0, 0.1) is 11.7 Å². The Morgan fingerprint density at radius 1 is 1.10 bits per heavy atom. The number of ketones is 1. The van der Waals surface area contributed by atoms with E-state index in [1.165, 1.54) is 11.6 Å². The third-order valence-corrected chi connectivity index (χ3v) is 3.68. The smallest absolute Gasteiger partial charge is 0.193 e. The van der Waals surface area contributed by atoms with Crippen LogP contribution in [0.4, 0.5) is 4.39 Å². The summed E-state index contributed by atoms with van der Waals surface area (Å²) in [5.41, 5.74) is 2.15. The van der Waals surface area contributed by atoms with E-state index >= 15 is 0 Å². The largest absolute Gasteiger partial charge is 0.289 e. The third kappa shape index (κ3) is 3.54. The summed E-state index contributed by atoms with van der Waals surface area (Å²) in [7, 11) is 0. The Labute approximate surface area is 127 Å². The van der Waals surface area contributed by atoms with Gasteiger partial charge in [0.15, 0.2) is 5.78 Å². The summed E-state index contributed by atoms with van der Waals surface area (Å²) in [6.45, 7) is 4.31. The van der Waals surface area contributed by atoms with Crippen molar-refractivity contribution in [3.8, 4) is 0 Å². The van der Waals surface area contributed by atoms with Gasteiger partial charge in [-0.3, -0.25) is 4.79 Å². The van der Waals surface area contributed by atoms with Crippen molar-refractivity contribution in [1.29, 1.82) is 0 Å². The fourth-order valence-corrected chi connectivity index (χ4v) is 2.31. The number of benzene rings is 2. The molecule has 0 aromatic heterocycles. The Balaban J connectivity index is 2.22. The molecule has 2 rings (SSSR count). The van der Waals surface area contributed by atoms with Crippen molar-refractivity contribution in [2.75, 3.05) is 0 Å².